The molecule has 0 spiro atoms. The van der Waals surface area contributed by atoms with Gasteiger partial charge in [-0.15, -0.1) is 0 Å². The van der Waals surface area contributed by atoms with Gasteiger partial charge < -0.3 is 19.3 Å². The number of hydrogen-bond donors (Lipinski definition) is 1. The predicted molar refractivity (Wildman–Crippen MR) is 83.3 cm³/mol. The van der Waals surface area contributed by atoms with Gasteiger partial charge in [0.2, 0.25) is 0 Å². The number of aromatic nitrogens is 1. The van der Waals surface area contributed by atoms with Gasteiger partial charge in [-0.3, -0.25) is 4.79 Å². The van der Waals surface area contributed by atoms with Crippen LogP contribution in [0.1, 0.15) is 33.8 Å². The molecule has 1 fully saturated rings. The lowest BCUT2D eigenvalue weighted by Crippen LogP contribution is -2.29. The zero-order chi connectivity index (χ0) is 16.4. The van der Waals surface area contributed by atoms with E-state index in [9.17, 15) is 9.90 Å². The summed E-state index contributed by atoms with van der Waals surface area (Å²) in [5, 5.41) is 13.3. The molecule has 0 bridgehead atoms. The van der Waals surface area contributed by atoms with Crippen molar-refractivity contribution in [3.8, 4) is 5.75 Å². The van der Waals surface area contributed by atoms with Gasteiger partial charge in [0.15, 0.2) is 11.5 Å². The lowest BCUT2D eigenvalue weighted by Gasteiger charge is -2.12. The fourth-order valence-corrected chi connectivity index (χ4v) is 2.58. The van der Waals surface area contributed by atoms with Gasteiger partial charge in [0.1, 0.15) is 12.4 Å². The van der Waals surface area contributed by atoms with E-state index >= 15 is 0 Å². The molecule has 1 saturated heterocycles. The lowest BCUT2D eigenvalue weighted by atomic mass is 10.1. The Morgan fingerprint density at radius 3 is 3.00 bits per heavy atom. The highest BCUT2D eigenvalue weighted by Crippen LogP contribution is 2.21. The number of carbonyl (C=O) groups is 1. The first-order chi connectivity index (χ1) is 11.0. The van der Waals surface area contributed by atoms with E-state index in [4.69, 9.17) is 9.26 Å². The second-order valence-electron chi connectivity index (χ2n) is 5.93. The molecule has 2 heterocycles. The van der Waals surface area contributed by atoms with Crippen LogP contribution in [0.2, 0.25) is 0 Å². The maximum Gasteiger partial charge on any atom is 0.276 e. The van der Waals surface area contributed by atoms with Crippen LogP contribution in [0.4, 0.5) is 0 Å². The number of hydrogen-bond acceptors (Lipinski definition) is 5. The molecule has 23 heavy (non-hydrogen) atoms. The number of amides is 1. The molecule has 1 aromatic carbocycles. The van der Waals surface area contributed by atoms with Gasteiger partial charge in [0.25, 0.3) is 5.91 Å². The molecule has 6 heteroatoms. The third-order valence-corrected chi connectivity index (χ3v) is 3.94. The minimum atomic E-state index is -0.446. The average Bonchev–Trinajstić information content (AvgIpc) is 3.16. The SMILES string of the molecule is Cc1ccc(C)c(OCc2cc(C(=O)N3CC[C@H](O)C3)no2)c1. The van der Waals surface area contributed by atoms with Crippen LogP contribution in [-0.4, -0.2) is 40.3 Å². The predicted octanol–water partition coefficient (Wildman–Crippen LogP) is 2.08. The molecule has 2 aromatic rings. The first-order valence-electron chi connectivity index (χ1n) is 7.66. The number of aliphatic hydroxyl groups is 1. The van der Waals surface area contributed by atoms with Crippen LogP contribution in [-0.2, 0) is 6.61 Å². The number of rotatable bonds is 4. The normalized spacial score (nSPS) is 17.5. The smallest absolute Gasteiger partial charge is 0.276 e. The number of benzene rings is 1. The number of ether oxygens (including phenoxy) is 1. The molecule has 0 radical (unpaired) electrons. The van der Waals surface area contributed by atoms with E-state index < -0.39 is 6.10 Å². The van der Waals surface area contributed by atoms with E-state index in [1.54, 1.807) is 11.0 Å². The van der Waals surface area contributed by atoms with E-state index in [-0.39, 0.29) is 18.2 Å². The van der Waals surface area contributed by atoms with Crippen LogP contribution in [0, 0.1) is 13.8 Å². The Labute approximate surface area is 134 Å². The van der Waals surface area contributed by atoms with Gasteiger partial charge in [0, 0.05) is 19.2 Å². The maximum atomic E-state index is 12.2. The number of aryl methyl sites for hydroxylation is 2. The quantitative estimate of drug-likeness (QED) is 0.934. The number of carbonyl (C=O) groups excluding carboxylic acids is 1. The van der Waals surface area contributed by atoms with Gasteiger partial charge in [-0.1, -0.05) is 17.3 Å². The van der Waals surface area contributed by atoms with E-state index in [1.165, 1.54) is 0 Å². The molecule has 0 unspecified atom stereocenters. The lowest BCUT2D eigenvalue weighted by molar-refractivity contribution is 0.0754. The van der Waals surface area contributed by atoms with Crippen molar-refractivity contribution in [2.75, 3.05) is 13.1 Å². The topological polar surface area (TPSA) is 75.8 Å². The first kappa shape index (κ1) is 15.6. The molecular formula is C17H20N2O4. The molecule has 0 saturated carbocycles. The van der Waals surface area contributed by atoms with E-state index in [0.29, 0.717) is 25.3 Å². The number of β-amino-alcohol motifs (C(OH)–C–C–N with tert-alkyl or cyclic N) is 1. The number of nitrogens with zero attached hydrogens (tertiary/aromatic N) is 2. The summed E-state index contributed by atoms with van der Waals surface area (Å²) < 4.78 is 10.9. The van der Waals surface area contributed by atoms with Crippen molar-refractivity contribution in [1.29, 1.82) is 0 Å². The van der Waals surface area contributed by atoms with Crippen molar-refractivity contribution in [2.24, 2.45) is 0 Å². The second-order valence-corrected chi connectivity index (χ2v) is 5.93. The average molecular weight is 316 g/mol. The summed E-state index contributed by atoms with van der Waals surface area (Å²) >= 11 is 0. The Balaban J connectivity index is 1.63. The molecular weight excluding hydrogens is 296 g/mol. The molecule has 1 aliphatic rings. The highest BCUT2D eigenvalue weighted by Gasteiger charge is 2.27. The maximum absolute atomic E-state index is 12.2. The standard InChI is InChI=1S/C17H20N2O4/c1-11-3-4-12(2)16(7-11)22-10-14-8-15(18-23-14)17(21)19-6-5-13(20)9-19/h3-4,7-8,13,20H,5-6,9-10H2,1-2H3/t13-/m0/s1. The monoisotopic (exact) mass is 316 g/mol. The van der Waals surface area contributed by atoms with Crippen LogP contribution in [0.15, 0.2) is 28.8 Å². The highest BCUT2D eigenvalue weighted by molar-refractivity contribution is 5.92. The van der Waals surface area contributed by atoms with Crippen LogP contribution >= 0.6 is 0 Å². The zero-order valence-corrected chi connectivity index (χ0v) is 13.3. The number of likely N-dealkylation sites (tertiary alicyclic amines) is 1. The fourth-order valence-electron chi connectivity index (χ4n) is 2.58. The summed E-state index contributed by atoms with van der Waals surface area (Å²) in [4.78, 5) is 13.8. The molecule has 1 aromatic heterocycles. The zero-order valence-electron chi connectivity index (χ0n) is 13.3. The summed E-state index contributed by atoms with van der Waals surface area (Å²) in [6.45, 7) is 5.08. The third kappa shape index (κ3) is 3.53. The summed E-state index contributed by atoms with van der Waals surface area (Å²) in [5.41, 5.74) is 2.41. The molecule has 1 aliphatic heterocycles. The molecule has 122 valence electrons. The summed E-state index contributed by atoms with van der Waals surface area (Å²) in [5.74, 6) is 1.06. The van der Waals surface area contributed by atoms with Crippen molar-refractivity contribution in [3.63, 3.8) is 0 Å². The summed E-state index contributed by atoms with van der Waals surface area (Å²) in [7, 11) is 0. The Kier molecular flexibility index (Phi) is 4.34. The molecule has 6 nitrogen and oxygen atoms in total. The molecule has 3 rings (SSSR count). The fraction of sp³-hybridized carbons (Fsp3) is 0.412. The van der Waals surface area contributed by atoms with Crippen molar-refractivity contribution < 1.29 is 19.2 Å². The van der Waals surface area contributed by atoms with E-state index in [2.05, 4.69) is 5.16 Å². The minimum absolute atomic E-state index is 0.215. The van der Waals surface area contributed by atoms with Crippen molar-refractivity contribution in [2.45, 2.75) is 33.0 Å². The first-order valence-corrected chi connectivity index (χ1v) is 7.66. The van der Waals surface area contributed by atoms with Crippen LogP contribution in [0.25, 0.3) is 0 Å². The Hall–Kier alpha value is -2.34. The van der Waals surface area contributed by atoms with Crippen LogP contribution in [0.5, 0.6) is 5.75 Å². The Morgan fingerprint density at radius 1 is 1.43 bits per heavy atom. The molecule has 1 amide bonds. The van der Waals surface area contributed by atoms with Crippen LogP contribution in [0.3, 0.4) is 0 Å². The second kappa shape index (κ2) is 6.42. The van der Waals surface area contributed by atoms with Crippen molar-refractivity contribution in [1.82, 2.24) is 10.1 Å². The minimum Gasteiger partial charge on any atom is -0.485 e. The van der Waals surface area contributed by atoms with Gasteiger partial charge in [-0.05, 0) is 37.5 Å². The summed E-state index contributed by atoms with van der Waals surface area (Å²) in [6, 6.07) is 7.58. The van der Waals surface area contributed by atoms with Crippen molar-refractivity contribution >= 4 is 5.91 Å². The van der Waals surface area contributed by atoms with Gasteiger partial charge in [-0.25, -0.2) is 0 Å². The van der Waals surface area contributed by atoms with Crippen molar-refractivity contribution in [3.05, 3.63) is 46.8 Å². The molecule has 0 aliphatic carbocycles. The van der Waals surface area contributed by atoms with E-state index in [1.807, 2.05) is 32.0 Å². The molecule has 1 atom stereocenters. The van der Waals surface area contributed by atoms with E-state index in [0.717, 1.165) is 16.9 Å². The number of aliphatic hydroxyl groups excluding tert-OH is 1. The largest absolute Gasteiger partial charge is 0.485 e. The Bertz CT molecular complexity index is 710. The van der Waals surface area contributed by atoms with Crippen LogP contribution < -0.4 is 4.74 Å². The Morgan fingerprint density at radius 2 is 2.26 bits per heavy atom. The summed E-state index contributed by atoms with van der Waals surface area (Å²) in [6.07, 6.45) is 0.157. The third-order valence-electron chi connectivity index (χ3n) is 3.94. The molecule has 1 N–H and O–H groups in total. The van der Waals surface area contributed by atoms with Gasteiger partial charge in [0.05, 0.1) is 6.10 Å². The highest BCUT2D eigenvalue weighted by atomic mass is 16.5. The van der Waals surface area contributed by atoms with Gasteiger partial charge in [-0.2, -0.15) is 0 Å². The van der Waals surface area contributed by atoms with Gasteiger partial charge >= 0.3 is 0 Å².